The zero-order valence-electron chi connectivity index (χ0n) is 12.8. The lowest BCUT2D eigenvalue weighted by atomic mass is 9.94. The Kier molecular flexibility index (Phi) is 3.94. The summed E-state index contributed by atoms with van der Waals surface area (Å²) in [4.78, 5) is 16.3. The lowest BCUT2D eigenvalue weighted by Gasteiger charge is -2.35. The Balaban J connectivity index is 1.67. The van der Waals surface area contributed by atoms with Crippen LogP contribution >= 0.6 is 0 Å². The predicted molar refractivity (Wildman–Crippen MR) is 81.9 cm³/mol. The van der Waals surface area contributed by atoms with E-state index in [4.69, 9.17) is 4.74 Å². The van der Waals surface area contributed by atoms with Gasteiger partial charge in [0.05, 0.1) is 23.0 Å². The van der Waals surface area contributed by atoms with Gasteiger partial charge in [0, 0.05) is 31.2 Å². The van der Waals surface area contributed by atoms with E-state index in [-0.39, 0.29) is 17.6 Å². The van der Waals surface area contributed by atoms with Crippen LogP contribution in [0.1, 0.15) is 37.0 Å². The Morgan fingerprint density at radius 3 is 2.91 bits per heavy atom. The third kappa shape index (κ3) is 3.33. The summed E-state index contributed by atoms with van der Waals surface area (Å²) in [5.41, 5.74) is 1.25. The first-order chi connectivity index (χ1) is 10.5. The van der Waals surface area contributed by atoms with Gasteiger partial charge in [0.25, 0.3) is 5.91 Å². The molecule has 1 saturated heterocycles. The summed E-state index contributed by atoms with van der Waals surface area (Å²) in [5, 5.41) is 7.30. The molecule has 2 aromatic heterocycles. The van der Waals surface area contributed by atoms with Crippen molar-refractivity contribution < 1.29 is 9.53 Å². The fourth-order valence-electron chi connectivity index (χ4n) is 2.70. The number of rotatable bonds is 3. The molecule has 1 fully saturated rings. The highest BCUT2D eigenvalue weighted by atomic mass is 16.5. The van der Waals surface area contributed by atoms with Gasteiger partial charge >= 0.3 is 0 Å². The van der Waals surface area contributed by atoms with Crippen molar-refractivity contribution in [3.63, 3.8) is 0 Å². The maximum absolute atomic E-state index is 12.4. The average molecular weight is 300 g/mol. The molecule has 1 atom stereocenters. The van der Waals surface area contributed by atoms with Gasteiger partial charge in [-0.1, -0.05) is 0 Å². The fraction of sp³-hybridized carbons (Fsp3) is 0.438. The lowest BCUT2D eigenvalue weighted by Crippen LogP contribution is -2.45. The van der Waals surface area contributed by atoms with Crippen LogP contribution in [0.5, 0.6) is 0 Å². The molecule has 2 aromatic rings. The van der Waals surface area contributed by atoms with Crippen molar-refractivity contribution in [3.8, 4) is 5.69 Å². The maximum Gasteiger partial charge on any atom is 0.254 e. The Hall–Kier alpha value is -2.21. The van der Waals surface area contributed by atoms with E-state index in [0.29, 0.717) is 12.2 Å². The second-order valence-electron chi connectivity index (χ2n) is 6.15. The van der Waals surface area contributed by atoms with E-state index in [1.165, 1.54) is 0 Å². The van der Waals surface area contributed by atoms with Crippen molar-refractivity contribution >= 4 is 5.91 Å². The van der Waals surface area contributed by atoms with Crippen LogP contribution in [0, 0.1) is 0 Å². The van der Waals surface area contributed by atoms with Crippen molar-refractivity contribution in [2.75, 3.05) is 6.61 Å². The van der Waals surface area contributed by atoms with Crippen molar-refractivity contribution in [3.05, 3.63) is 42.5 Å². The number of amides is 1. The minimum Gasteiger partial charge on any atom is -0.375 e. The molecule has 3 heterocycles. The van der Waals surface area contributed by atoms with Gasteiger partial charge in [0.15, 0.2) is 0 Å². The first-order valence-corrected chi connectivity index (χ1v) is 7.43. The molecule has 116 valence electrons. The summed E-state index contributed by atoms with van der Waals surface area (Å²) in [6.07, 6.45) is 8.36. The van der Waals surface area contributed by atoms with Gasteiger partial charge < -0.3 is 10.1 Å². The summed E-state index contributed by atoms with van der Waals surface area (Å²) in [5.74, 6) is -0.0944. The van der Waals surface area contributed by atoms with Crippen LogP contribution in [-0.2, 0) is 4.74 Å². The molecule has 1 N–H and O–H groups in total. The molecule has 0 aromatic carbocycles. The van der Waals surface area contributed by atoms with E-state index in [0.717, 1.165) is 18.5 Å². The van der Waals surface area contributed by atoms with Gasteiger partial charge in [-0.2, -0.15) is 5.10 Å². The number of carbonyl (C=O) groups excluding carboxylic acids is 1. The molecule has 22 heavy (non-hydrogen) atoms. The molecule has 0 aliphatic carbocycles. The summed E-state index contributed by atoms with van der Waals surface area (Å²) >= 11 is 0. The molecule has 6 heteroatoms. The molecule has 0 spiro atoms. The van der Waals surface area contributed by atoms with Crippen LogP contribution in [0.2, 0.25) is 0 Å². The summed E-state index contributed by atoms with van der Waals surface area (Å²) in [6.45, 7) is 4.77. The highest BCUT2D eigenvalue weighted by Crippen LogP contribution is 2.24. The second-order valence-corrected chi connectivity index (χ2v) is 6.15. The summed E-state index contributed by atoms with van der Waals surface area (Å²) in [6, 6.07) is 3.83. The summed E-state index contributed by atoms with van der Waals surface area (Å²) < 4.78 is 7.34. The number of nitrogens with one attached hydrogen (secondary N) is 1. The SMILES string of the molecule is CC1(C)C[C@@H](NC(=O)c2cnn(-c3ccncc3)c2)CCO1. The number of hydrogen-bond donors (Lipinski definition) is 1. The topological polar surface area (TPSA) is 69.0 Å². The minimum atomic E-state index is -0.183. The average Bonchev–Trinajstić information content (AvgIpc) is 2.97. The molecule has 1 aliphatic rings. The molecular weight excluding hydrogens is 280 g/mol. The van der Waals surface area contributed by atoms with Crippen molar-refractivity contribution in [2.24, 2.45) is 0 Å². The number of ether oxygens (including phenoxy) is 1. The van der Waals surface area contributed by atoms with Crippen LogP contribution in [-0.4, -0.2) is 38.9 Å². The lowest BCUT2D eigenvalue weighted by molar-refractivity contribution is -0.0615. The first-order valence-electron chi connectivity index (χ1n) is 7.43. The van der Waals surface area contributed by atoms with E-state index in [9.17, 15) is 4.79 Å². The number of aromatic nitrogens is 3. The van der Waals surface area contributed by atoms with Gasteiger partial charge in [-0.25, -0.2) is 4.68 Å². The van der Waals surface area contributed by atoms with Crippen LogP contribution in [0.3, 0.4) is 0 Å². The zero-order valence-corrected chi connectivity index (χ0v) is 12.8. The van der Waals surface area contributed by atoms with Gasteiger partial charge in [-0.3, -0.25) is 9.78 Å². The third-order valence-corrected chi connectivity index (χ3v) is 3.80. The summed E-state index contributed by atoms with van der Waals surface area (Å²) in [7, 11) is 0. The van der Waals surface area contributed by atoms with Crippen LogP contribution in [0.4, 0.5) is 0 Å². The zero-order chi connectivity index (χ0) is 15.6. The molecule has 0 radical (unpaired) electrons. The van der Waals surface area contributed by atoms with E-state index in [1.54, 1.807) is 29.5 Å². The number of hydrogen-bond acceptors (Lipinski definition) is 4. The predicted octanol–water partition coefficient (Wildman–Crippen LogP) is 1.95. The Morgan fingerprint density at radius 2 is 2.18 bits per heavy atom. The van der Waals surface area contributed by atoms with Crippen molar-refractivity contribution in [1.82, 2.24) is 20.1 Å². The number of pyridine rings is 1. The van der Waals surface area contributed by atoms with Gasteiger partial charge in [0.1, 0.15) is 0 Å². The molecule has 6 nitrogen and oxygen atoms in total. The molecule has 0 saturated carbocycles. The van der Waals surface area contributed by atoms with Crippen LogP contribution in [0.15, 0.2) is 36.9 Å². The molecule has 1 amide bonds. The highest BCUT2D eigenvalue weighted by Gasteiger charge is 2.29. The first kappa shape index (κ1) is 14.7. The Morgan fingerprint density at radius 1 is 1.41 bits per heavy atom. The highest BCUT2D eigenvalue weighted by molar-refractivity contribution is 5.94. The van der Waals surface area contributed by atoms with Crippen LogP contribution in [0.25, 0.3) is 5.69 Å². The van der Waals surface area contributed by atoms with Crippen molar-refractivity contribution in [1.29, 1.82) is 0 Å². The quantitative estimate of drug-likeness (QED) is 0.940. The maximum atomic E-state index is 12.4. The Bertz CT molecular complexity index is 651. The normalized spacial score (nSPS) is 20.5. The van der Waals surface area contributed by atoms with E-state index < -0.39 is 0 Å². The smallest absolute Gasteiger partial charge is 0.254 e. The minimum absolute atomic E-state index is 0.0944. The Labute approximate surface area is 129 Å². The van der Waals surface area contributed by atoms with Crippen molar-refractivity contribution in [2.45, 2.75) is 38.3 Å². The number of carbonyl (C=O) groups is 1. The molecular formula is C16H20N4O2. The molecule has 0 unspecified atom stereocenters. The fourth-order valence-corrected chi connectivity index (χ4v) is 2.70. The van der Waals surface area contributed by atoms with E-state index in [2.05, 4.69) is 15.4 Å². The monoisotopic (exact) mass is 300 g/mol. The van der Waals surface area contributed by atoms with Crippen LogP contribution < -0.4 is 5.32 Å². The van der Waals surface area contributed by atoms with Gasteiger partial charge in [-0.05, 0) is 38.8 Å². The third-order valence-electron chi connectivity index (χ3n) is 3.80. The standard InChI is InChI=1S/C16H20N4O2/c1-16(2)9-13(5-8-22-16)19-15(21)12-10-18-20(11-12)14-3-6-17-7-4-14/h3-4,6-7,10-11,13H,5,8-9H2,1-2H3,(H,19,21)/t13-/m0/s1. The second kappa shape index (κ2) is 5.88. The van der Waals surface area contributed by atoms with E-state index >= 15 is 0 Å². The number of nitrogens with zero attached hydrogens (tertiary/aromatic N) is 3. The van der Waals surface area contributed by atoms with Gasteiger partial charge in [-0.15, -0.1) is 0 Å². The van der Waals surface area contributed by atoms with E-state index in [1.807, 2.05) is 26.0 Å². The largest absolute Gasteiger partial charge is 0.375 e. The molecule has 0 bridgehead atoms. The molecule has 1 aliphatic heterocycles. The van der Waals surface area contributed by atoms with Gasteiger partial charge in [0.2, 0.25) is 0 Å². The molecule has 3 rings (SSSR count).